The lowest BCUT2D eigenvalue weighted by Crippen LogP contribution is -2.38. The molecule has 26 heavy (non-hydrogen) atoms. The Kier molecular flexibility index (Phi) is 5.71. The molecule has 0 spiro atoms. The summed E-state index contributed by atoms with van der Waals surface area (Å²) >= 11 is 0. The summed E-state index contributed by atoms with van der Waals surface area (Å²) in [5, 5.41) is 0. The molecule has 0 aliphatic rings. The molecule has 0 bridgehead atoms. The summed E-state index contributed by atoms with van der Waals surface area (Å²) in [5.41, 5.74) is 1.66. The maximum Gasteiger partial charge on any atom is 0.332 e. The molecule has 2 heterocycles. The van der Waals surface area contributed by atoms with Crippen LogP contribution >= 0.6 is 0 Å². The minimum absolute atomic E-state index is 0.277. The maximum atomic E-state index is 12.7. The number of benzene rings is 1. The van der Waals surface area contributed by atoms with Crippen molar-refractivity contribution in [2.75, 3.05) is 0 Å². The summed E-state index contributed by atoms with van der Waals surface area (Å²) < 4.78 is 4.71. The Balaban J connectivity index is 1.93. The van der Waals surface area contributed by atoms with Gasteiger partial charge in [-0.25, -0.2) is 9.78 Å². The van der Waals surface area contributed by atoms with Gasteiger partial charge in [-0.1, -0.05) is 56.5 Å². The highest BCUT2D eigenvalue weighted by Gasteiger charge is 2.16. The zero-order chi connectivity index (χ0) is 18.5. The van der Waals surface area contributed by atoms with Gasteiger partial charge in [0, 0.05) is 20.1 Å². The molecule has 0 fully saturated rings. The van der Waals surface area contributed by atoms with Crippen LogP contribution in [0.15, 0.2) is 46.2 Å². The third-order valence-corrected chi connectivity index (χ3v) is 4.82. The lowest BCUT2D eigenvalue weighted by atomic mass is 10.1. The zero-order valence-electron chi connectivity index (χ0n) is 15.5. The smallest absolute Gasteiger partial charge is 0.324 e. The molecular weight excluding hydrogens is 328 g/mol. The molecule has 0 saturated heterocycles. The van der Waals surface area contributed by atoms with E-state index in [9.17, 15) is 9.59 Å². The van der Waals surface area contributed by atoms with E-state index in [4.69, 9.17) is 0 Å². The molecule has 138 valence electrons. The van der Waals surface area contributed by atoms with Gasteiger partial charge in [0.2, 0.25) is 0 Å². The van der Waals surface area contributed by atoms with E-state index in [1.807, 2.05) is 22.8 Å². The van der Waals surface area contributed by atoms with Gasteiger partial charge in [0.1, 0.15) is 0 Å². The molecule has 0 atom stereocenters. The molecule has 2 aromatic heterocycles. The third kappa shape index (κ3) is 3.64. The largest absolute Gasteiger partial charge is 0.332 e. The van der Waals surface area contributed by atoms with Crippen molar-refractivity contribution in [2.24, 2.45) is 7.05 Å². The number of aryl methyl sites for hydroxylation is 3. The molecule has 3 aromatic rings. The zero-order valence-corrected chi connectivity index (χ0v) is 15.5. The van der Waals surface area contributed by atoms with Gasteiger partial charge in [0.25, 0.3) is 5.56 Å². The number of fused-ring (bicyclic) bond motifs is 1. The van der Waals surface area contributed by atoms with Gasteiger partial charge in [-0.05, 0) is 18.4 Å². The fourth-order valence-electron chi connectivity index (χ4n) is 3.27. The molecule has 0 aliphatic heterocycles. The van der Waals surface area contributed by atoms with Crippen LogP contribution in [0.3, 0.4) is 0 Å². The summed E-state index contributed by atoms with van der Waals surface area (Å²) in [6.45, 7) is 3.41. The van der Waals surface area contributed by atoms with Gasteiger partial charge in [0.05, 0.1) is 6.33 Å². The quantitative estimate of drug-likeness (QED) is 0.584. The van der Waals surface area contributed by atoms with Gasteiger partial charge in [0.15, 0.2) is 11.2 Å². The third-order valence-electron chi connectivity index (χ3n) is 4.82. The second-order valence-electron chi connectivity index (χ2n) is 6.70. The first kappa shape index (κ1) is 18.2. The number of hydrogen-bond donors (Lipinski definition) is 0. The van der Waals surface area contributed by atoms with E-state index < -0.39 is 0 Å². The Morgan fingerprint density at radius 3 is 2.50 bits per heavy atom. The van der Waals surface area contributed by atoms with Crippen LogP contribution in [-0.2, 0) is 26.6 Å². The van der Waals surface area contributed by atoms with Crippen molar-refractivity contribution in [3.8, 4) is 0 Å². The van der Waals surface area contributed by atoms with E-state index in [1.165, 1.54) is 10.1 Å². The van der Waals surface area contributed by atoms with Crippen LogP contribution in [0.1, 0.15) is 38.2 Å². The minimum Gasteiger partial charge on any atom is -0.324 e. The van der Waals surface area contributed by atoms with Gasteiger partial charge >= 0.3 is 5.69 Å². The number of imidazole rings is 1. The van der Waals surface area contributed by atoms with E-state index in [0.717, 1.165) is 32.1 Å². The monoisotopic (exact) mass is 354 g/mol. The van der Waals surface area contributed by atoms with Crippen LogP contribution in [0, 0.1) is 0 Å². The van der Waals surface area contributed by atoms with Crippen molar-refractivity contribution in [2.45, 2.75) is 52.1 Å². The Bertz CT molecular complexity index is 983. The standard InChI is InChI=1S/C20H26N4O2/c1-3-4-5-9-13-24-18-17(19(25)22(2)20(24)26)23(15-21-18)14-12-16-10-7-6-8-11-16/h6-8,10-11,15H,3-5,9,12-14H2,1-2H3. The Labute approximate surface area is 152 Å². The van der Waals surface area contributed by atoms with Gasteiger partial charge in [-0.3, -0.25) is 13.9 Å². The number of aromatic nitrogens is 4. The topological polar surface area (TPSA) is 61.8 Å². The van der Waals surface area contributed by atoms with Crippen LogP contribution in [0.2, 0.25) is 0 Å². The van der Waals surface area contributed by atoms with E-state index in [1.54, 1.807) is 17.9 Å². The SMILES string of the molecule is CCCCCCn1c(=O)n(C)c(=O)c2c1ncn2CCc1ccccc1. The predicted molar refractivity (Wildman–Crippen MR) is 104 cm³/mol. The minimum atomic E-state index is -0.285. The number of hydrogen-bond acceptors (Lipinski definition) is 3. The molecule has 3 rings (SSSR count). The van der Waals surface area contributed by atoms with Crippen LogP contribution in [0.25, 0.3) is 11.2 Å². The normalized spacial score (nSPS) is 11.3. The molecule has 0 aliphatic carbocycles. The Morgan fingerprint density at radius 2 is 1.77 bits per heavy atom. The summed E-state index contributed by atoms with van der Waals surface area (Å²) in [6.07, 6.45) is 6.77. The second kappa shape index (κ2) is 8.17. The van der Waals surface area contributed by atoms with Crippen molar-refractivity contribution in [1.29, 1.82) is 0 Å². The molecular formula is C20H26N4O2. The van der Waals surface area contributed by atoms with Gasteiger partial charge in [-0.2, -0.15) is 0 Å². The first-order valence-corrected chi connectivity index (χ1v) is 9.32. The molecule has 6 heteroatoms. The van der Waals surface area contributed by atoms with Crippen molar-refractivity contribution >= 4 is 11.2 Å². The summed E-state index contributed by atoms with van der Waals surface area (Å²) in [4.78, 5) is 29.6. The van der Waals surface area contributed by atoms with E-state index >= 15 is 0 Å². The molecule has 1 aromatic carbocycles. The highest BCUT2D eigenvalue weighted by molar-refractivity contribution is 5.70. The average Bonchev–Trinajstić information content (AvgIpc) is 3.08. The molecule has 0 amide bonds. The van der Waals surface area contributed by atoms with Crippen molar-refractivity contribution in [3.05, 3.63) is 63.1 Å². The highest BCUT2D eigenvalue weighted by Crippen LogP contribution is 2.10. The van der Waals surface area contributed by atoms with Crippen molar-refractivity contribution in [1.82, 2.24) is 18.7 Å². The maximum absolute atomic E-state index is 12.7. The fraction of sp³-hybridized carbons (Fsp3) is 0.450. The van der Waals surface area contributed by atoms with E-state index in [-0.39, 0.29) is 11.2 Å². The van der Waals surface area contributed by atoms with Crippen molar-refractivity contribution in [3.63, 3.8) is 0 Å². The molecule has 6 nitrogen and oxygen atoms in total. The Morgan fingerprint density at radius 1 is 1.00 bits per heavy atom. The van der Waals surface area contributed by atoms with Crippen LogP contribution in [-0.4, -0.2) is 18.7 Å². The highest BCUT2D eigenvalue weighted by atomic mass is 16.2. The molecule has 0 radical (unpaired) electrons. The van der Waals surface area contributed by atoms with Gasteiger partial charge in [-0.15, -0.1) is 0 Å². The fourth-order valence-corrected chi connectivity index (χ4v) is 3.27. The lowest BCUT2D eigenvalue weighted by Gasteiger charge is -2.10. The van der Waals surface area contributed by atoms with Crippen molar-refractivity contribution < 1.29 is 0 Å². The second-order valence-corrected chi connectivity index (χ2v) is 6.70. The molecule has 0 unspecified atom stereocenters. The Hall–Kier alpha value is -2.63. The van der Waals surface area contributed by atoms with Gasteiger partial charge < -0.3 is 4.57 Å². The first-order chi connectivity index (χ1) is 12.6. The van der Waals surface area contributed by atoms with Crippen LogP contribution < -0.4 is 11.2 Å². The van der Waals surface area contributed by atoms with E-state index in [0.29, 0.717) is 24.3 Å². The van der Waals surface area contributed by atoms with Crippen LogP contribution in [0.5, 0.6) is 0 Å². The first-order valence-electron chi connectivity index (χ1n) is 9.32. The molecule has 0 N–H and O–H groups in total. The summed E-state index contributed by atoms with van der Waals surface area (Å²) in [6, 6.07) is 10.1. The number of rotatable bonds is 8. The predicted octanol–water partition coefficient (Wildman–Crippen LogP) is 2.72. The van der Waals surface area contributed by atoms with E-state index in [2.05, 4.69) is 24.0 Å². The summed E-state index contributed by atoms with van der Waals surface area (Å²) in [7, 11) is 1.54. The number of nitrogens with zero attached hydrogens (tertiary/aromatic N) is 4. The lowest BCUT2D eigenvalue weighted by molar-refractivity contribution is 0.553. The summed E-state index contributed by atoms with van der Waals surface area (Å²) in [5.74, 6) is 0. The van der Waals surface area contributed by atoms with Crippen LogP contribution in [0.4, 0.5) is 0 Å². The average molecular weight is 354 g/mol. The number of unbranched alkanes of at least 4 members (excludes halogenated alkanes) is 3. The molecule has 0 saturated carbocycles.